The molecule has 1 fully saturated rings. The van der Waals surface area contributed by atoms with E-state index < -0.39 is 22.7 Å². The van der Waals surface area contributed by atoms with E-state index in [2.05, 4.69) is 15.5 Å². The van der Waals surface area contributed by atoms with Crippen LogP contribution >= 0.6 is 23.4 Å². The summed E-state index contributed by atoms with van der Waals surface area (Å²) in [6.07, 6.45) is -2.39. The first-order valence-electron chi connectivity index (χ1n) is 7.44. The number of anilines is 1. The Labute approximate surface area is 150 Å². The molecule has 1 aromatic heterocycles. The summed E-state index contributed by atoms with van der Waals surface area (Å²) in [4.78, 5) is 12.0. The van der Waals surface area contributed by atoms with Gasteiger partial charge in [-0.05, 0) is 31.0 Å². The number of hydrogen-bond donors (Lipinski definition) is 1. The number of alkyl halides is 3. The molecular weight excluding hydrogens is 377 g/mol. The number of rotatable bonds is 5. The van der Waals surface area contributed by atoms with Gasteiger partial charge in [0.25, 0.3) is 0 Å². The van der Waals surface area contributed by atoms with Crippen LogP contribution in [0.2, 0.25) is 5.02 Å². The molecule has 1 saturated carbocycles. The lowest BCUT2D eigenvalue weighted by atomic mass is 10.2. The zero-order valence-corrected chi connectivity index (χ0v) is 14.7. The Bertz CT molecular complexity index is 805. The molecule has 0 radical (unpaired) electrons. The maximum Gasteiger partial charge on any atom is 0.417 e. The van der Waals surface area contributed by atoms with Crippen molar-refractivity contribution < 1.29 is 18.0 Å². The van der Waals surface area contributed by atoms with Gasteiger partial charge in [-0.2, -0.15) is 13.2 Å². The molecule has 0 spiro atoms. The number of carbonyl (C=O) groups is 1. The van der Waals surface area contributed by atoms with Gasteiger partial charge in [0, 0.05) is 18.7 Å². The highest BCUT2D eigenvalue weighted by molar-refractivity contribution is 7.99. The summed E-state index contributed by atoms with van der Waals surface area (Å²) in [6, 6.07) is 3.25. The summed E-state index contributed by atoms with van der Waals surface area (Å²) < 4.78 is 40.3. The van der Waals surface area contributed by atoms with Gasteiger partial charge < -0.3 is 9.88 Å². The monoisotopic (exact) mass is 390 g/mol. The molecule has 0 bridgehead atoms. The number of carbonyl (C=O) groups excluding carboxylic acids is 1. The van der Waals surface area contributed by atoms with Crippen molar-refractivity contribution in [2.45, 2.75) is 30.1 Å². The zero-order chi connectivity index (χ0) is 18.2. The Morgan fingerprint density at radius 2 is 2.12 bits per heavy atom. The maximum absolute atomic E-state index is 12.8. The lowest BCUT2D eigenvalue weighted by Crippen LogP contribution is -2.15. The Morgan fingerprint density at radius 3 is 2.76 bits per heavy atom. The largest absolute Gasteiger partial charge is 0.417 e. The third-order valence-electron chi connectivity index (χ3n) is 3.70. The van der Waals surface area contributed by atoms with Gasteiger partial charge >= 0.3 is 6.18 Å². The van der Waals surface area contributed by atoms with Crippen molar-refractivity contribution in [2.75, 3.05) is 11.1 Å². The number of halogens is 4. The number of nitrogens with zero attached hydrogens (tertiary/aromatic N) is 3. The van der Waals surface area contributed by atoms with Crippen molar-refractivity contribution in [2.24, 2.45) is 7.05 Å². The molecule has 3 rings (SSSR count). The van der Waals surface area contributed by atoms with Crippen LogP contribution in [-0.2, 0) is 18.0 Å². The van der Waals surface area contributed by atoms with E-state index >= 15 is 0 Å². The summed E-state index contributed by atoms with van der Waals surface area (Å²) in [6.45, 7) is 0. The molecule has 2 aromatic rings. The Balaban J connectivity index is 1.61. The number of hydrogen-bond acceptors (Lipinski definition) is 4. The number of aromatic nitrogens is 3. The Kier molecular flexibility index (Phi) is 4.97. The van der Waals surface area contributed by atoms with Crippen molar-refractivity contribution >= 4 is 35.0 Å². The fraction of sp³-hybridized carbons (Fsp3) is 0.400. The molecule has 0 atom stereocenters. The second-order valence-electron chi connectivity index (χ2n) is 5.70. The molecule has 0 unspecified atom stereocenters. The average Bonchev–Trinajstić information content (AvgIpc) is 3.30. The fourth-order valence-corrected chi connectivity index (χ4v) is 3.24. The SMILES string of the molecule is Cn1c(SCC(=O)Nc2ccc(Cl)c(C(F)(F)F)c2)nnc1C1CC1. The normalized spacial score (nSPS) is 14.6. The molecule has 1 heterocycles. The van der Waals surface area contributed by atoms with Crippen molar-refractivity contribution in [3.8, 4) is 0 Å². The third-order valence-corrected chi connectivity index (χ3v) is 5.05. The first-order chi connectivity index (χ1) is 11.8. The van der Waals surface area contributed by atoms with E-state index in [9.17, 15) is 18.0 Å². The molecule has 1 aliphatic carbocycles. The van der Waals surface area contributed by atoms with E-state index in [4.69, 9.17) is 11.6 Å². The van der Waals surface area contributed by atoms with Gasteiger partial charge in [0.05, 0.1) is 16.3 Å². The predicted octanol–water partition coefficient (Wildman–Crippen LogP) is 4.10. The molecule has 25 heavy (non-hydrogen) atoms. The third kappa shape index (κ3) is 4.27. The molecule has 1 aromatic carbocycles. The second-order valence-corrected chi connectivity index (χ2v) is 7.05. The van der Waals surface area contributed by atoms with E-state index in [1.54, 1.807) is 0 Å². The number of nitrogens with one attached hydrogen (secondary N) is 1. The summed E-state index contributed by atoms with van der Waals surface area (Å²) >= 11 is 6.74. The standard InChI is InChI=1S/C15H14ClF3N4OS/c1-23-13(8-2-3-8)21-22-14(23)25-7-12(24)20-9-4-5-11(16)10(6-9)15(17,18)19/h4-6,8H,2-3,7H2,1H3,(H,20,24). The van der Waals surface area contributed by atoms with Crippen molar-refractivity contribution in [1.29, 1.82) is 0 Å². The van der Waals surface area contributed by atoms with Gasteiger partial charge in [-0.3, -0.25) is 4.79 Å². The van der Waals surface area contributed by atoms with E-state index in [0.29, 0.717) is 11.1 Å². The Morgan fingerprint density at radius 1 is 1.40 bits per heavy atom. The highest BCUT2D eigenvalue weighted by atomic mass is 35.5. The first kappa shape index (κ1) is 18.1. The summed E-state index contributed by atoms with van der Waals surface area (Å²) in [5.74, 6) is 0.919. The van der Waals surface area contributed by atoms with Crippen molar-refractivity contribution in [3.63, 3.8) is 0 Å². The van der Waals surface area contributed by atoms with Gasteiger partial charge in [-0.1, -0.05) is 23.4 Å². The van der Waals surface area contributed by atoms with Crippen LogP contribution in [0, 0.1) is 0 Å². The van der Waals surface area contributed by atoms with Crippen LogP contribution in [0.5, 0.6) is 0 Å². The lowest BCUT2D eigenvalue weighted by Gasteiger charge is -2.11. The zero-order valence-electron chi connectivity index (χ0n) is 13.1. The molecule has 1 aliphatic rings. The van der Waals surface area contributed by atoms with Gasteiger partial charge in [0.15, 0.2) is 5.16 Å². The molecule has 0 aliphatic heterocycles. The minimum atomic E-state index is -4.58. The topological polar surface area (TPSA) is 59.8 Å². The molecular formula is C15H14ClF3N4OS. The number of thioether (sulfide) groups is 1. The lowest BCUT2D eigenvalue weighted by molar-refractivity contribution is -0.137. The molecule has 0 saturated heterocycles. The van der Waals surface area contributed by atoms with Crippen molar-refractivity contribution in [1.82, 2.24) is 14.8 Å². The smallest absolute Gasteiger partial charge is 0.325 e. The van der Waals surface area contributed by atoms with Crippen LogP contribution in [-0.4, -0.2) is 26.4 Å². The highest BCUT2D eigenvalue weighted by Crippen LogP contribution is 2.39. The highest BCUT2D eigenvalue weighted by Gasteiger charge is 2.33. The quantitative estimate of drug-likeness (QED) is 0.781. The molecule has 10 heteroatoms. The molecule has 5 nitrogen and oxygen atoms in total. The minimum absolute atomic E-state index is 0.0145. The fourth-order valence-electron chi connectivity index (χ4n) is 2.30. The maximum atomic E-state index is 12.8. The summed E-state index contributed by atoms with van der Waals surface area (Å²) in [5.41, 5.74) is -0.944. The van der Waals surface area contributed by atoms with E-state index in [1.807, 2.05) is 11.6 Å². The van der Waals surface area contributed by atoms with Gasteiger partial charge in [-0.25, -0.2) is 0 Å². The molecule has 1 amide bonds. The summed E-state index contributed by atoms with van der Waals surface area (Å²) in [5, 5.41) is 10.8. The van der Waals surface area contributed by atoms with Crippen LogP contribution in [0.3, 0.4) is 0 Å². The van der Waals surface area contributed by atoms with Gasteiger partial charge in [0.2, 0.25) is 5.91 Å². The molecule has 134 valence electrons. The van der Waals surface area contributed by atoms with Crippen LogP contribution in [0.4, 0.5) is 18.9 Å². The van der Waals surface area contributed by atoms with Crippen molar-refractivity contribution in [3.05, 3.63) is 34.6 Å². The van der Waals surface area contributed by atoms with Crippen LogP contribution in [0.1, 0.15) is 30.1 Å². The van der Waals surface area contributed by atoms with Crippen LogP contribution < -0.4 is 5.32 Å². The van der Waals surface area contributed by atoms with Crippen LogP contribution in [0.15, 0.2) is 23.4 Å². The van der Waals surface area contributed by atoms with E-state index in [1.165, 1.54) is 17.8 Å². The number of benzene rings is 1. The van der Waals surface area contributed by atoms with Gasteiger partial charge in [-0.15, -0.1) is 10.2 Å². The first-order valence-corrected chi connectivity index (χ1v) is 8.80. The molecule has 1 N–H and O–H groups in total. The predicted molar refractivity (Wildman–Crippen MR) is 88.8 cm³/mol. The second kappa shape index (κ2) is 6.87. The summed E-state index contributed by atoms with van der Waals surface area (Å²) in [7, 11) is 1.84. The van der Waals surface area contributed by atoms with Crippen LogP contribution in [0.25, 0.3) is 0 Å². The Hall–Kier alpha value is -1.74. The number of amides is 1. The van der Waals surface area contributed by atoms with Gasteiger partial charge in [0.1, 0.15) is 5.82 Å². The van der Waals surface area contributed by atoms with E-state index in [0.717, 1.165) is 30.8 Å². The van der Waals surface area contributed by atoms with E-state index in [-0.39, 0.29) is 11.4 Å². The average molecular weight is 391 g/mol. The minimum Gasteiger partial charge on any atom is -0.325 e.